The summed E-state index contributed by atoms with van der Waals surface area (Å²) in [6.45, 7) is 9.28. The van der Waals surface area contributed by atoms with Crippen LogP contribution in [0.1, 0.15) is 194 Å². The summed E-state index contributed by atoms with van der Waals surface area (Å²) in [4.78, 5) is 20.6. The number of ether oxygens (including phenoxy) is 1. The molecule has 0 spiro atoms. The minimum Gasteiger partial charge on any atom is -0.465 e. The van der Waals surface area contributed by atoms with Crippen molar-refractivity contribution in [2.24, 2.45) is 5.92 Å². The van der Waals surface area contributed by atoms with Crippen molar-refractivity contribution in [2.45, 2.75) is 200 Å². The summed E-state index contributed by atoms with van der Waals surface area (Å²) in [5.41, 5.74) is 3.39. The first-order valence-corrected chi connectivity index (χ1v) is 19.2. The Kier molecular flexibility index (Phi) is 33.7. The molecule has 2 unspecified atom stereocenters. The van der Waals surface area contributed by atoms with E-state index in [1.807, 2.05) is 0 Å². The topological polar surface area (TPSA) is 50.8 Å². The Bertz CT molecular complexity index is 557. The summed E-state index contributed by atoms with van der Waals surface area (Å²) in [6.07, 6.45) is 33.5. The number of hydroxylamine groups is 1. The zero-order chi connectivity index (χ0) is 31.6. The first-order chi connectivity index (χ1) is 21.0. The number of nitrogens with one attached hydrogen (secondary N) is 1. The monoisotopic (exact) mass is 611 g/mol. The maximum atomic E-state index is 12.5. The molecule has 2 atom stereocenters. The Hall–Kier alpha value is -0.650. The van der Waals surface area contributed by atoms with Crippen LogP contribution in [-0.2, 0) is 14.4 Å². The van der Waals surface area contributed by atoms with Crippen LogP contribution in [0.5, 0.6) is 0 Å². The third kappa shape index (κ3) is 32.6. The number of carbonyl (C=O) groups excluding carboxylic acids is 1. The molecule has 0 aromatic rings. The molecule has 1 N–H and O–H groups in total. The second-order valence-corrected chi connectivity index (χ2v) is 13.6. The Morgan fingerprint density at radius 1 is 0.581 bits per heavy atom. The predicted octanol–water partition coefficient (Wildman–Crippen LogP) is 11.2. The molecule has 43 heavy (non-hydrogen) atoms. The zero-order valence-corrected chi connectivity index (χ0v) is 30.0. The molecular weight excluding hydrogens is 532 g/mol. The molecule has 0 aliphatic heterocycles. The number of carbonyl (C=O) groups is 1. The molecule has 0 saturated heterocycles. The molecule has 5 heteroatoms. The smallest absolute Gasteiger partial charge is 0.305 e. The molecule has 0 amide bonds. The Balaban J connectivity index is 4.27. The molecular formula is C38H78N2O3. The molecule has 0 bridgehead atoms. The highest BCUT2D eigenvalue weighted by atomic mass is 16.6. The number of hydrogen-bond donors (Lipinski definition) is 1. The van der Waals surface area contributed by atoms with Crippen LogP contribution in [0, 0.1) is 5.92 Å². The van der Waals surface area contributed by atoms with Crippen LogP contribution in [-0.4, -0.2) is 50.8 Å². The lowest BCUT2D eigenvalue weighted by atomic mass is 9.95. The van der Waals surface area contributed by atoms with Gasteiger partial charge in [-0.1, -0.05) is 149 Å². The van der Waals surface area contributed by atoms with Gasteiger partial charge in [-0.15, -0.1) is 0 Å². The fourth-order valence-corrected chi connectivity index (χ4v) is 5.92. The number of rotatable bonds is 35. The van der Waals surface area contributed by atoms with Crippen molar-refractivity contribution in [1.82, 2.24) is 10.4 Å². The fourth-order valence-electron chi connectivity index (χ4n) is 5.92. The zero-order valence-electron chi connectivity index (χ0n) is 30.0. The molecule has 0 fully saturated rings. The summed E-state index contributed by atoms with van der Waals surface area (Å²) >= 11 is 0. The van der Waals surface area contributed by atoms with Gasteiger partial charge in [0.1, 0.15) is 0 Å². The normalized spacial score (nSPS) is 13.1. The third-order valence-corrected chi connectivity index (χ3v) is 8.85. The lowest BCUT2D eigenvalue weighted by molar-refractivity contribution is -0.145. The molecule has 5 nitrogen and oxygen atoms in total. The van der Waals surface area contributed by atoms with Crippen molar-refractivity contribution in [3.63, 3.8) is 0 Å². The number of unbranched alkanes of at least 4 members (excludes halogenated alkanes) is 17. The molecule has 0 radical (unpaired) electrons. The van der Waals surface area contributed by atoms with E-state index in [-0.39, 0.29) is 5.97 Å². The van der Waals surface area contributed by atoms with Crippen LogP contribution in [0.3, 0.4) is 0 Å². The van der Waals surface area contributed by atoms with Crippen LogP contribution in [0.4, 0.5) is 0 Å². The molecule has 0 aliphatic rings. The summed E-state index contributed by atoms with van der Waals surface area (Å²) in [5, 5.41) is 0. The van der Waals surface area contributed by atoms with E-state index in [4.69, 9.17) is 9.57 Å². The van der Waals surface area contributed by atoms with Gasteiger partial charge in [0, 0.05) is 12.5 Å². The Morgan fingerprint density at radius 3 is 1.53 bits per heavy atom. The van der Waals surface area contributed by atoms with E-state index in [1.54, 1.807) is 0 Å². The van der Waals surface area contributed by atoms with E-state index >= 15 is 0 Å². The van der Waals surface area contributed by atoms with Gasteiger partial charge in [0.15, 0.2) is 0 Å². The molecule has 0 aliphatic carbocycles. The van der Waals surface area contributed by atoms with Gasteiger partial charge in [0.05, 0.1) is 13.2 Å². The van der Waals surface area contributed by atoms with Gasteiger partial charge in [-0.2, -0.15) is 5.48 Å². The average Bonchev–Trinajstić information content (AvgIpc) is 2.99. The van der Waals surface area contributed by atoms with Gasteiger partial charge in [-0.25, -0.2) is 0 Å². The van der Waals surface area contributed by atoms with E-state index in [2.05, 4.69) is 45.2 Å². The standard InChI is InChI=1S/C38H78N2O3/c1-6-9-12-15-17-18-20-24-30-37(39-43-34-27-33-40(4)5)31-25-21-26-32-38(41)42-35-36(28-22-14-11-8-3)29-23-19-16-13-10-7-2/h36-37,39H,6-35H2,1-5H3. The van der Waals surface area contributed by atoms with Crippen molar-refractivity contribution in [1.29, 1.82) is 0 Å². The third-order valence-electron chi connectivity index (χ3n) is 8.85. The molecule has 0 aromatic carbocycles. The van der Waals surface area contributed by atoms with Crippen molar-refractivity contribution in [3.8, 4) is 0 Å². The summed E-state index contributed by atoms with van der Waals surface area (Å²) in [6, 6.07) is 0.418. The minimum absolute atomic E-state index is 0.0133. The largest absolute Gasteiger partial charge is 0.465 e. The van der Waals surface area contributed by atoms with Crippen molar-refractivity contribution < 1.29 is 14.4 Å². The number of hydrogen-bond acceptors (Lipinski definition) is 5. The first kappa shape index (κ1) is 42.3. The van der Waals surface area contributed by atoms with Crippen LogP contribution >= 0.6 is 0 Å². The lowest BCUT2D eigenvalue weighted by Crippen LogP contribution is -2.30. The minimum atomic E-state index is 0.0133. The van der Waals surface area contributed by atoms with Gasteiger partial charge < -0.3 is 14.5 Å². The van der Waals surface area contributed by atoms with E-state index in [9.17, 15) is 4.79 Å². The van der Waals surface area contributed by atoms with E-state index in [1.165, 1.54) is 135 Å². The molecule has 0 saturated carbocycles. The molecule has 0 aromatic heterocycles. The Morgan fingerprint density at radius 2 is 1.02 bits per heavy atom. The number of nitrogens with zero attached hydrogens (tertiary/aromatic N) is 1. The SMILES string of the molecule is CCCCCCCCCCC(CCCCCC(=O)OCC(CCCCCC)CCCCCCCC)NOCCCN(C)C. The van der Waals surface area contributed by atoms with Crippen molar-refractivity contribution >= 4 is 5.97 Å². The number of esters is 1. The average molecular weight is 611 g/mol. The highest BCUT2D eigenvalue weighted by Crippen LogP contribution is 2.20. The van der Waals surface area contributed by atoms with Crippen LogP contribution < -0.4 is 5.48 Å². The van der Waals surface area contributed by atoms with Gasteiger partial charge in [-0.3, -0.25) is 4.79 Å². The van der Waals surface area contributed by atoms with Crippen LogP contribution in [0.15, 0.2) is 0 Å². The second kappa shape index (κ2) is 34.2. The Labute approximate surface area is 270 Å². The highest BCUT2D eigenvalue weighted by molar-refractivity contribution is 5.69. The maximum absolute atomic E-state index is 12.5. The summed E-state index contributed by atoms with van der Waals surface area (Å²) in [7, 11) is 4.22. The summed E-state index contributed by atoms with van der Waals surface area (Å²) < 4.78 is 5.81. The molecule has 0 rings (SSSR count). The van der Waals surface area contributed by atoms with Gasteiger partial charge >= 0.3 is 5.97 Å². The second-order valence-electron chi connectivity index (χ2n) is 13.6. The van der Waals surface area contributed by atoms with Gasteiger partial charge in [0.25, 0.3) is 0 Å². The maximum Gasteiger partial charge on any atom is 0.305 e. The van der Waals surface area contributed by atoms with E-state index in [0.29, 0.717) is 25.0 Å². The van der Waals surface area contributed by atoms with Crippen molar-refractivity contribution in [2.75, 3.05) is 33.9 Å². The van der Waals surface area contributed by atoms with Crippen LogP contribution in [0.2, 0.25) is 0 Å². The predicted molar refractivity (Wildman–Crippen MR) is 188 cm³/mol. The van der Waals surface area contributed by atoms with Gasteiger partial charge in [-0.05, 0) is 65.1 Å². The van der Waals surface area contributed by atoms with Crippen LogP contribution in [0.25, 0.3) is 0 Å². The molecule has 0 heterocycles. The molecule has 258 valence electrons. The fraction of sp³-hybridized carbons (Fsp3) is 0.974. The first-order valence-electron chi connectivity index (χ1n) is 19.2. The van der Waals surface area contributed by atoms with Crippen molar-refractivity contribution in [3.05, 3.63) is 0 Å². The quantitative estimate of drug-likeness (QED) is 0.0439. The highest BCUT2D eigenvalue weighted by Gasteiger charge is 2.13. The van der Waals surface area contributed by atoms with E-state index < -0.39 is 0 Å². The lowest BCUT2D eigenvalue weighted by Gasteiger charge is -2.19. The summed E-state index contributed by atoms with van der Waals surface area (Å²) in [5.74, 6) is 0.562. The van der Waals surface area contributed by atoms with E-state index in [0.717, 1.165) is 45.3 Å². The van der Waals surface area contributed by atoms with Gasteiger partial charge in [0.2, 0.25) is 0 Å².